The van der Waals surface area contributed by atoms with Crippen molar-refractivity contribution in [3.05, 3.63) is 77.1 Å². The molecule has 1 heterocycles. The number of imidazole rings is 1. The Labute approximate surface area is 151 Å². The van der Waals surface area contributed by atoms with Gasteiger partial charge < -0.3 is 9.72 Å². The average Bonchev–Trinajstić information content (AvgIpc) is 2.99. The van der Waals surface area contributed by atoms with Crippen LogP contribution in [0.5, 0.6) is 5.75 Å². The number of ether oxygens (including phenoxy) is 1. The van der Waals surface area contributed by atoms with Crippen LogP contribution in [-0.4, -0.2) is 22.3 Å². The van der Waals surface area contributed by atoms with Crippen molar-refractivity contribution < 1.29 is 4.74 Å². The van der Waals surface area contributed by atoms with E-state index in [1.54, 1.807) is 23.9 Å². The van der Waals surface area contributed by atoms with E-state index in [0.29, 0.717) is 12.2 Å². The Balaban J connectivity index is 1.50. The highest BCUT2D eigenvalue weighted by atomic mass is 32.2. The van der Waals surface area contributed by atoms with Crippen LogP contribution in [0.2, 0.25) is 0 Å². The Morgan fingerprint density at radius 2 is 2.00 bits per heavy atom. The molecule has 3 rings (SSSR count). The van der Waals surface area contributed by atoms with Crippen LogP contribution in [0, 0.1) is 18.3 Å². The van der Waals surface area contributed by atoms with Crippen LogP contribution in [0.25, 0.3) is 0 Å². The Kier molecular flexibility index (Phi) is 5.76. The number of nitrogens with zero attached hydrogens (tertiary/aromatic N) is 2. The summed E-state index contributed by atoms with van der Waals surface area (Å²) in [6.07, 6.45) is 0.835. The van der Waals surface area contributed by atoms with Crippen LogP contribution in [0.1, 0.15) is 22.5 Å². The lowest BCUT2D eigenvalue weighted by atomic mass is 10.1. The zero-order valence-corrected chi connectivity index (χ0v) is 14.8. The molecule has 4 nitrogen and oxygen atoms in total. The lowest BCUT2D eigenvalue weighted by Gasteiger charge is -2.05. The van der Waals surface area contributed by atoms with Crippen molar-refractivity contribution in [3.8, 4) is 11.8 Å². The summed E-state index contributed by atoms with van der Waals surface area (Å²) in [4.78, 5) is 8.02. The van der Waals surface area contributed by atoms with Gasteiger partial charge >= 0.3 is 0 Å². The number of aromatic nitrogens is 2. The minimum Gasteiger partial charge on any atom is -0.493 e. The molecule has 2 aromatic carbocycles. The van der Waals surface area contributed by atoms with Gasteiger partial charge in [-0.1, -0.05) is 48.2 Å². The van der Waals surface area contributed by atoms with Gasteiger partial charge in [0.25, 0.3) is 0 Å². The zero-order chi connectivity index (χ0) is 17.5. The monoisotopic (exact) mass is 349 g/mol. The SMILES string of the molecule is Cc1[nH]c(SCCOc2cccc(C#N)c2)nc1Cc1ccccc1. The topological polar surface area (TPSA) is 61.7 Å². The maximum atomic E-state index is 8.89. The number of thioether (sulfide) groups is 1. The molecular weight excluding hydrogens is 330 g/mol. The molecule has 126 valence electrons. The summed E-state index contributed by atoms with van der Waals surface area (Å²) in [6.45, 7) is 2.62. The number of aromatic amines is 1. The highest BCUT2D eigenvalue weighted by molar-refractivity contribution is 7.99. The van der Waals surface area contributed by atoms with E-state index >= 15 is 0 Å². The number of hydrogen-bond donors (Lipinski definition) is 1. The van der Waals surface area contributed by atoms with Gasteiger partial charge in [-0.3, -0.25) is 0 Å². The van der Waals surface area contributed by atoms with Crippen LogP contribution in [0.4, 0.5) is 0 Å². The highest BCUT2D eigenvalue weighted by Gasteiger charge is 2.08. The Morgan fingerprint density at radius 3 is 2.80 bits per heavy atom. The largest absolute Gasteiger partial charge is 0.493 e. The first-order valence-electron chi connectivity index (χ1n) is 8.10. The van der Waals surface area contributed by atoms with E-state index in [0.717, 1.165) is 34.5 Å². The quantitative estimate of drug-likeness (QED) is 0.509. The molecule has 0 spiro atoms. The Morgan fingerprint density at radius 1 is 1.16 bits per heavy atom. The second-order valence-corrected chi connectivity index (χ2v) is 6.70. The van der Waals surface area contributed by atoms with Gasteiger partial charge in [0, 0.05) is 17.9 Å². The Bertz CT molecular complexity index is 868. The number of benzene rings is 2. The maximum absolute atomic E-state index is 8.89. The second kappa shape index (κ2) is 8.41. The van der Waals surface area contributed by atoms with E-state index in [2.05, 4.69) is 35.1 Å². The number of H-pyrrole nitrogens is 1. The molecule has 0 bridgehead atoms. The van der Waals surface area contributed by atoms with E-state index in [1.807, 2.05) is 30.3 Å². The minimum atomic E-state index is 0.563. The zero-order valence-electron chi connectivity index (χ0n) is 14.0. The van der Waals surface area contributed by atoms with E-state index in [1.165, 1.54) is 5.56 Å². The molecule has 3 aromatic rings. The van der Waals surface area contributed by atoms with Crippen molar-refractivity contribution in [2.24, 2.45) is 0 Å². The third kappa shape index (κ3) is 4.88. The van der Waals surface area contributed by atoms with Crippen LogP contribution in [0.15, 0.2) is 59.8 Å². The predicted molar refractivity (Wildman–Crippen MR) is 99.9 cm³/mol. The Hall–Kier alpha value is -2.71. The molecule has 0 fully saturated rings. The van der Waals surface area contributed by atoms with Crippen LogP contribution in [-0.2, 0) is 6.42 Å². The maximum Gasteiger partial charge on any atom is 0.165 e. The summed E-state index contributed by atoms with van der Waals surface area (Å²) in [5.74, 6) is 1.51. The fourth-order valence-corrected chi connectivity index (χ4v) is 3.21. The van der Waals surface area contributed by atoms with Gasteiger partial charge in [-0.15, -0.1) is 0 Å². The molecule has 0 atom stereocenters. The van der Waals surface area contributed by atoms with E-state index in [-0.39, 0.29) is 0 Å². The summed E-state index contributed by atoms with van der Waals surface area (Å²) in [6, 6.07) is 19.7. The van der Waals surface area contributed by atoms with E-state index in [4.69, 9.17) is 10.00 Å². The first-order valence-corrected chi connectivity index (χ1v) is 9.08. The smallest absolute Gasteiger partial charge is 0.165 e. The van der Waals surface area contributed by atoms with Crippen molar-refractivity contribution in [1.82, 2.24) is 9.97 Å². The highest BCUT2D eigenvalue weighted by Crippen LogP contribution is 2.19. The summed E-state index contributed by atoms with van der Waals surface area (Å²) < 4.78 is 5.69. The number of hydrogen-bond acceptors (Lipinski definition) is 4. The van der Waals surface area contributed by atoms with Gasteiger partial charge in [-0.05, 0) is 30.7 Å². The molecule has 0 aliphatic carbocycles. The molecule has 0 radical (unpaired) electrons. The number of aryl methyl sites for hydroxylation is 1. The standard InChI is InChI=1S/C20H19N3OS/c1-15-19(13-16-6-3-2-4-7-16)23-20(22-15)25-11-10-24-18-9-5-8-17(12-18)14-21/h2-9,12H,10-11,13H2,1H3,(H,22,23). The van der Waals surface area contributed by atoms with Gasteiger partial charge in [0.05, 0.1) is 23.9 Å². The number of nitrogens with one attached hydrogen (secondary N) is 1. The molecule has 0 unspecified atom stereocenters. The van der Waals surface area contributed by atoms with Gasteiger partial charge in [-0.25, -0.2) is 4.98 Å². The summed E-state index contributed by atoms with van der Waals surface area (Å²) in [5, 5.41) is 9.81. The number of nitriles is 1. The molecule has 0 aliphatic heterocycles. The number of rotatable bonds is 7. The molecular formula is C20H19N3OS. The van der Waals surface area contributed by atoms with Gasteiger partial charge in [0.15, 0.2) is 5.16 Å². The summed E-state index contributed by atoms with van der Waals surface area (Å²) in [7, 11) is 0. The van der Waals surface area contributed by atoms with Crippen LogP contribution >= 0.6 is 11.8 Å². The second-order valence-electron chi connectivity index (χ2n) is 5.61. The lowest BCUT2D eigenvalue weighted by Crippen LogP contribution is -2.00. The normalized spacial score (nSPS) is 10.4. The van der Waals surface area contributed by atoms with Crippen molar-refractivity contribution in [3.63, 3.8) is 0 Å². The predicted octanol–water partition coefficient (Wildman–Crippen LogP) is 4.35. The molecule has 0 aliphatic rings. The van der Waals surface area contributed by atoms with Gasteiger partial charge in [0.2, 0.25) is 0 Å². The fraction of sp³-hybridized carbons (Fsp3) is 0.200. The lowest BCUT2D eigenvalue weighted by molar-refractivity contribution is 0.344. The van der Waals surface area contributed by atoms with E-state index < -0.39 is 0 Å². The van der Waals surface area contributed by atoms with Crippen molar-refractivity contribution in [1.29, 1.82) is 5.26 Å². The first kappa shape index (κ1) is 17.1. The molecule has 0 saturated heterocycles. The van der Waals surface area contributed by atoms with Crippen molar-refractivity contribution >= 4 is 11.8 Å². The fourth-order valence-electron chi connectivity index (χ4n) is 2.45. The minimum absolute atomic E-state index is 0.563. The molecule has 25 heavy (non-hydrogen) atoms. The molecule has 1 N–H and O–H groups in total. The van der Waals surface area contributed by atoms with Crippen molar-refractivity contribution in [2.75, 3.05) is 12.4 Å². The third-order valence-corrected chi connectivity index (χ3v) is 4.57. The first-order chi connectivity index (χ1) is 12.2. The molecule has 1 aromatic heterocycles. The van der Waals surface area contributed by atoms with Crippen LogP contribution in [0.3, 0.4) is 0 Å². The molecule has 5 heteroatoms. The third-order valence-electron chi connectivity index (χ3n) is 3.73. The molecule has 0 saturated carbocycles. The van der Waals surface area contributed by atoms with E-state index in [9.17, 15) is 0 Å². The summed E-state index contributed by atoms with van der Waals surface area (Å²) in [5.41, 5.74) is 4.05. The molecule has 0 amide bonds. The van der Waals surface area contributed by atoms with Crippen molar-refractivity contribution in [2.45, 2.75) is 18.5 Å². The average molecular weight is 349 g/mol. The van der Waals surface area contributed by atoms with Crippen LogP contribution < -0.4 is 4.74 Å². The summed E-state index contributed by atoms with van der Waals surface area (Å²) >= 11 is 1.64. The van der Waals surface area contributed by atoms with Gasteiger partial charge in [0.1, 0.15) is 5.75 Å². The van der Waals surface area contributed by atoms with Gasteiger partial charge in [-0.2, -0.15) is 5.26 Å².